The molecule has 3 nitrogen and oxygen atoms in total. The van der Waals surface area contributed by atoms with E-state index in [0.717, 1.165) is 32.2 Å². The smallest absolute Gasteiger partial charge is 0.0757 e. The fourth-order valence-corrected chi connectivity index (χ4v) is 3.49. The Labute approximate surface area is 112 Å². The Balaban J connectivity index is 1.66. The first kappa shape index (κ1) is 14.3. The van der Waals surface area contributed by atoms with Crippen LogP contribution < -0.4 is 5.32 Å². The highest BCUT2D eigenvalue weighted by Crippen LogP contribution is 2.20. The average molecular weight is 254 g/mol. The quantitative estimate of drug-likeness (QED) is 0.834. The second-order valence-corrected chi connectivity index (χ2v) is 6.71. The predicted molar refractivity (Wildman–Crippen MR) is 75.9 cm³/mol. The summed E-state index contributed by atoms with van der Waals surface area (Å²) in [7, 11) is 0. The molecule has 0 radical (unpaired) electrons. The largest absolute Gasteiger partial charge is 0.370 e. The molecule has 0 spiro atoms. The average Bonchev–Trinajstić information content (AvgIpc) is 2.27. The van der Waals surface area contributed by atoms with Crippen molar-refractivity contribution in [2.45, 2.75) is 70.6 Å². The van der Waals surface area contributed by atoms with Crippen molar-refractivity contribution in [1.82, 2.24) is 10.2 Å². The van der Waals surface area contributed by atoms with Gasteiger partial charge in [0.1, 0.15) is 0 Å². The molecule has 1 atom stereocenters. The zero-order valence-corrected chi connectivity index (χ0v) is 12.4. The normalized spacial score (nSPS) is 30.5. The Hall–Kier alpha value is -0.120. The molecule has 1 aliphatic carbocycles. The van der Waals surface area contributed by atoms with Crippen LogP contribution in [-0.2, 0) is 4.74 Å². The van der Waals surface area contributed by atoms with E-state index in [1.165, 1.54) is 32.1 Å². The van der Waals surface area contributed by atoms with Crippen molar-refractivity contribution in [2.24, 2.45) is 0 Å². The van der Waals surface area contributed by atoms with E-state index < -0.39 is 0 Å². The van der Waals surface area contributed by atoms with Crippen LogP contribution in [0.2, 0.25) is 0 Å². The number of nitrogens with one attached hydrogen (secondary N) is 1. The predicted octanol–water partition coefficient (Wildman–Crippen LogP) is 2.41. The van der Waals surface area contributed by atoms with Crippen LogP contribution >= 0.6 is 0 Å². The maximum Gasteiger partial charge on any atom is 0.0757 e. The highest BCUT2D eigenvalue weighted by atomic mass is 16.5. The second kappa shape index (κ2) is 6.36. The van der Waals surface area contributed by atoms with Gasteiger partial charge in [0.2, 0.25) is 0 Å². The van der Waals surface area contributed by atoms with E-state index in [9.17, 15) is 0 Å². The Kier molecular flexibility index (Phi) is 5.05. The van der Waals surface area contributed by atoms with Gasteiger partial charge < -0.3 is 10.1 Å². The fraction of sp³-hybridized carbons (Fsp3) is 1.00. The molecule has 0 aromatic carbocycles. The van der Waals surface area contributed by atoms with Crippen molar-refractivity contribution in [1.29, 1.82) is 0 Å². The van der Waals surface area contributed by atoms with Gasteiger partial charge in [-0.1, -0.05) is 19.3 Å². The molecule has 1 heterocycles. The van der Waals surface area contributed by atoms with Crippen molar-refractivity contribution < 1.29 is 4.74 Å². The van der Waals surface area contributed by atoms with Gasteiger partial charge in [0, 0.05) is 32.2 Å². The summed E-state index contributed by atoms with van der Waals surface area (Å²) in [5, 5.41) is 3.73. The Morgan fingerprint density at radius 2 is 1.94 bits per heavy atom. The van der Waals surface area contributed by atoms with E-state index in [-0.39, 0.29) is 5.60 Å². The van der Waals surface area contributed by atoms with Crippen LogP contribution in [-0.4, -0.2) is 48.8 Å². The first-order chi connectivity index (χ1) is 8.55. The third-order valence-electron chi connectivity index (χ3n) is 4.11. The first-order valence-corrected chi connectivity index (χ1v) is 7.69. The minimum Gasteiger partial charge on any atom is -0.370 e. The Morgan fingerprint density at radius 3 is 2.61 bits per heavy atom. The van der Waals surface area contributed by atoms with Gasteiger partial charge in [-0.25, -0.2) is 0 Å². The molecule has 106 valence electrons. The number of hydrogen-bond acceptors (Lipinski definition) is 3. The van der Waals surface area contributed by atoms with E-state index in [4.69, 9.17) is 4.74 Å². The standard InChI is InChI=1S/C15H30N2O/c1-13-11-17(12-15(2,3)18-13)10-9-16-14-7-5-4-6-8-14/h13-14,16H,4-12H2,1-3H3. The molecule has 3 heteroatoms. The number of morpholine rings is 1. The molecule has 18 heavy (non-hydrogen) atoms. The van der Waals surface area contributed by atoms with Crippen molar-refractivity contribution in [3.05, 3.63) is 0 Å². The van der Waals surface area contributed by atoms with Crippen LogP contribution in [0, 0.1) is 0 Å². The van der Waals surface area contributed by atoms with Crippen LogP contribution in [0.15, 0.2) is 0 Å². The molecule has 2 rings (SSSR count). The van der Waals surface area contributed by atoms with E-state index in [0.29, 0.717) is 6.10 Å². The molecular formula is C15H30N2O. The van der Waals surface area contributed by atoms with Gasteiger partial charge in [-0.05, 0) is 33.6 Å². The van der Waals surface area contributed by atoms with Gasteiger partial charge in [-0.15, -0.1) is 0 Å². The second-order valence-electron chi connectivity index (χ2n) is 6.71. The lowest BCUT2D eigenvalue weighted by atomic mass is 9.95. The van der Waals surface area contributed by atoms with Crippen molar-refractivity contribution in [3.8, 4) is 0 Å². The number of rotatable bonds is 4. The molecule has 0 aromatic rings. The maximum atomic E-state index is 5.94. The number of nitrogens with zero attached hydrogens (tertiary/aromatic N) is 1. The molecule has 1 saturated heterocycles. The first-order valence-electron chi connectivity index (χ1n) is 7.69. The topological polar surface area (TPSA) is 24.5 Å². The summed E-state index contributed by atoms with van der Waals surface area (Å²) in [4.78, 5) is 2.55. The van der Waals surface area contributed by atoms with Gasteiger partial charge in [0.05, 0.1) is 11.7 Å². The van der Waals surface area contributed by atoms with Crippen molar-refractivity contribution >= 4 is 0 Å². The highest BCUT2D eigenvalue weighted by molar-refractivity contribution is 4.83. The van der Waals surface area contributed by atoms with Crippen molar-refractivity contribution in [3.63, 3.8) is 0 Å². The summed E-state index contributed by atoms with van der Waals surface area (Å²) in [5.41, 5.74) is 0.0164. The lowest BCUT2D eigenvalue weighted by Gasteiger charge is -2.42. The van der Waals surface area contributed by atoms with Gasteiger partial charge in [-0.3, -0.25) is 4.90 Å². The molecule has 0 aromatic heterocycles. The van der Waals surface area contributed by atoms with Gasteiger partial charge >= 0.3 is 0 Å². The van der Waals surface area contributed by atoms with Gasteiger partial charge in [0.25, 0.3) is 0 Å². The zero-order chi connectivity index (χ0) is 13.0. The molecule has 1 unspecified atom stereocenters. The lowest BCUT2D eigenvalue weighted by molar-refractivity contribution is -0.128. The monoisotopic (exact) mass is 254 g/mol. The van der Waals surface area contributed by atoms with Gasteiger partial charge in [0.15, 0.2) is 0 Å². The maximum absolute atomic E-state index is 5.94. The van der Waals surface area contributed by atoms with E-state index >= 15 is 0 Å². The summed E-state index contributed by atoms with van der Waals surface area (Å²) in [5.74, 6) is 0. The minimum absolute atomic E-state index is 0.0164. The molecule has 1 saturated carbocycles. The molecule has 0 amide bonds. The summed E-state index contributed by atoms with van der Waals surface area (Å²) in [6.45, 7) is 11.0. The van der Waals surface area contributed by atoms with Gasteiger partial charge in [-0.2, -0.15) is 0 Å². The highest BCUT2D eigenvalue weighted by Gasteiger charge is 2.30. The number of ether oxygens (including phenoxy) is 1. The summed E-state index contributed by atoms with van der Waals surface area (Å²) < 4.78 is 5.94. The van der Waals surface area contributed by atoms with Crippen LogP contribution in [0.25, 0.3) is 0 Å². The molecule has 1 aliphatic heterocycles. The molecular weight excluding hydrogens is 224 g/mol. The molecule has 2 fully saturated rings. The summed E-state index contributed by atoms with van der Waals surface area (Å²) in [6, 6.07) is 0.783. The summed E-state index contributed by atoms with van der Waals surface area (Å²) in [6.07, 6.45) is 7.39. The van der Waals surface area contributed by atoms with Crippen LogP contribution in [0.3, 0.4) is 0 Å². The van der Waals surface area contributed by atoms with Crippen LogP contribution in [0.4, 0.5) is 0 Å². The molecule has 2 aliphatic rings. The fourth-order valence-electron chi connectivity index (χ4n) is 3.49. The van der Waals surface area contributed by atoms with E-state index in [2.05, 4.69) is 31.0 Å². The minimum atomic E-state index is 0.0164. The SMILES string of the molecule is CC1CN(CCNC2CCCCC2)CC(C)(C)O1. The molecule has 1 N–H and O–H groups in total. The third-order valence-corrected chi connectivity index (χ3v) is 4.11. The Bertz CT molecular complexity index is 249. The van der Waals surface area contributed by atoms with Crippen LogP contribution in [0.1, 0.15) is 52.9 Å². The van der Waals surface area contributed by atoms with Crippen molar-refractivity contribution in [2.75, 3.05) is 26.2 Å². The van der Waals surface area contributed by atoms with E-state index in [1.54, 1.807) is 0 Å². The third kappa shape index (κ3) is 4.52. The zero-order valence-electron chi connectivity index (χ0n) is 12.4. The van der Waals surface area contributed by atoms with E-state index in [1.807, 2.05) is 0 Å². The Morgan fingerprint density at radius 1 is 1.22 bits per heavy atom. The summed E-state index contributed by atoms with van der Waals surface area (Å²) >= 11 is 0. The lowest BCUT2D eigenvalue weighted by Crippen LogP contribution is -2.53. The van der Waals surface area contributed by atoms with Crippen LogP contribution in [0.5, 0.6) is 0 Å². The number of hydrogen-bond donors (Lipinski definition) is 1. The molecule has 0 bridgehead atoms.